The highest BCUT2D eigenvalue weighted by atomic mass is 16.5. The van der Waals surface area contributed by atoms with E-state index >= 15 is 0 Å². The minimum Gasteiger partial charge on any atom is -0.383 e. The van der Waals surface area contributed by atoms with Crippen LogP contribution in [-0.2, 0) is 4.74 Å². The molecule has 26 heavy (non-hydrogen) atoms. The van der Waals surface area contributed by atoms with Crippen LogP contribution in [0.1, 0.15) is 40.6 Å². The summed E-state index contributed by atoms with van der Waals surface area (Å²) in [4.78, 5) is 24.0. The van der Waals surface area contributed by atoms with Gasteiger partial charge in [0.2, 0.25) is 0 Å². The number of methoxy groups -OCH3 is 1. The largest absolute Gasteiger partial charge is 0.383 e. The molecule has 0 aliphatic carbocycles. The number of para-hydroxylation sites is 1. The van der Waals surface area contributed by atoms with Crippen molar-refractivity contribution < 1.29 is 9.53 Å². The summed E-state index contributed by atoms with van der Waals surface area (Å²) in [5, 5.41) is 2.89. The molecule has 6 heteroatoms. The van der Waals surface area contributed by atoms with Gasteiger partial charge in [0, 0.05) is 38.0 Å². The van der Waals surface area contributed by atoms with Crippen LogP contribution in [0.15, 0.2) is 36.5 Å². The Kier molecular flexibility index (Phi) is 6.30. The quantitative estimate of drug-likeness (QED) is 0.864. The predicted molar refractivity (Wildman–Crippen MR) is 101 cm³/mol. The molecular weight excluding hydrogens is 328 g/mol. The third-order valence-corrected chi connectivity index (χ3v) is 4.76. The molecule has 2 aromatic rings. The molecule has 1 amide bonds. The zero-order chi connectivity index (χ0) is 18.4. The average molecular weight is 354 g/mol. The Morgan fingerprint density at radius 1 is 1.35 bits per heavy atom. The number of ether oxygens (including phenoxy) is 1. The van der Waals surface area contributed by atoms with Crippen molar-refractivity contribution in [2.45, 2.75) is 25.7 Å². The summed E-state index contributed by atoms with van der Waals surface area (Å²) in [6.07, 6.45) is 3.87. The van der Waals surface area contributed by atoms with Gasteiger partial charge in [0.15, 0.2) is 0 Å². The van der Waals surface area contributed by atoms with Crippen molar-refractivity contribution >= 4 is 11.6 Å². The summed E-state index contributed by atoms with van der Waals surface area (Å²) < 4.78 is 5.18. The van der Waals surface area contributed by atoms with E-state index in [0.29, 0.717) is 11.5 Å². The number of amides is 1. The molecule has 2 heterocycles. The second-order valence-corrected chi connectivity index (χ2v) is 6.68. The van der Waals surface area contributed by atoms with E-state index in [1.54, 1.807) is 13.3 Å². The fourth-order valence-corrected chi connectivity index (χ4v) is 3.31. The Hall–Kier alpha value is -2.31. The van der Waals surface area contributed by atoms with Crippen LogP contribution < -0.4 is 5.32 Å². The number of rotatable bonds is 6. The molecule has 1 N–H and O–H groups in total. The Morgan fingerprint density at radius 2 is 2.15 bits per heavy atom. The average Bonchev–Trinajstić information content (AvgIpc) is 2.67. The van der Waals surface area contributed by atoms with Crippen LogP contribution in [0.2, 0.25) is 0 Å². The highest BCUT2D eigenvalue weighted by molar-refractivity contribution is 6.04. The van der Waals surface area contributed by atoms with Gasteiger partial charge in [-0.1, -0.05) is 18.2 Å². The third-order valence-electron chi connectivity index (χ3n) is 4.76. The van der Waals surface area contributed by atoms with E-state index in [1.807, 2.05) is 37.3 Å². The van der Waals surface area contributed by atoms with Gasteiger partial charge in [-0.3, -0.25) is 4.79 Å². The van der Waals surface area contributed by atoms with Gasteiger partial charge in [-0.15, -0.1) is 0 Å². The fraction of sp³-hybridized carbons (Fsp3) is 0.450. The van der Waals surface area contributed by atoms with Crippen LogP contribution in [-0.4, -0.2) is 54.1 Å². The Balaban J connectivity index is 1.68. The van der Waals surface area contributed by atoms with Crippen molar-refractivity contribution in [1.29, 1.82) is 0 Å². The maximum absolute atomic E-state index is 12.5. The zero-order valence-corrected chi connectivity index (χ0v) is 15.4. The molecule has 0 spiro atoms. The number of nitrogens with zero attached hydrogens (tertiary/aromatic N) is 3. The number of piperidine rings is 1. The molecule has 1 aliphatic rings. The number of likely N-dealkylation sites (tertiary alicyclic amines) is 1. The number of hydrogen-bond donors (Lipinski definition) is 1. The molecule has 1 saturated heterocycles. The lowest BCUT2D eigenvalue weighted by Gasteiger charge is -2.31. The molecule has 1 aliphatic heterocycles. The van der Waals surface area contributed by atoms with Gasteiger partial charge in [-0.2, -0.15) is 0 Å². The number of carbonyl (C=O) groups is 1. The molecule has 0 saturated carbocycles. The molecular formula is C20H26N4O2. The molecule has 1 atom stereocenters. The zero-order valence-electron chi connectivity index (χ0n) is 15.4. The van der Waals surface area contributed by atoms with Crippen molar-refractivity contribution in [2.24, 2.45) is 0 Å². The summed E-state index contributed by atoms with van der Waals surface area (Å²) in [7, 11) is 1.73. The highest BCUT2D eigenvalue weighted by Crippen LogP contribution is 2.25. The number of aromatic nitrogens is 2. The molecule has 0 radical (unpaired) electrons. The summed E-state index contributed by atoms with van der Waals surface area (Å²) >= 11 is 0. The molecule has 1 unspecified atom stereocenters. The first-order valence-corrected chi connectivity index (χ1v) is 9.08. The number of benzene rings is 1. The second kappa shape index (κ2) is 8.87. The molecule has 138 valence electrons. The van der Waals surface area contributed by atoms with Gasteiger partial charge in [-0.25, -0.2) is 9.97 Å². The molecule has 1 fully saturated rings. The molecule has 1 aromatic heterocycles. The Bertz CT molecular complexity index is 736. The first-order chi connectivity index (χ1) is 12.7. The first-order valence-electron chi connectivity index (χ1n) is 9.08. The molecule has 3 rings (SSSR count). The number of hydrogen-bond acceptors (Lipinski definition) is 5. The third kappa shape index (κ3) is 4.65. The van der Waals surface area contributed by atoms with E-state index in [9.17, 15) is 4.79 Å². The highest BCUT2D eigenvalue weighted by Gasteiger charge is 2.24. The number of anilines is 1. The molecule has 0 bridgehead atoms. The maximum Gasteiger partial charge on any atom is 0.259 e. The van der Waals surface area contributed by atoms with Crippen molar-refractivity contribution in [3.63, 3.8) is 0 Å². The van der Waals surface area contributed by atoms with Crippen molar-refractivity contribution in [3.05, 3.63) is 53.6 Å². The van der Waals surface area contributed by atoms with Crippen molar-refractivity contribution in [3.8, 4) is 0 Å². The van der Waals surface area contributed by atoms with Crippen molar-refractivity contribution in [2.75, 3.05) is 38.7 Å². The van der Waals surface area contributed by atoms with Gasteiger partial charge in [-0.05, 0) is 38.4 Å². The topological polar surface area (TPSA) is 67.3 Å². The smallest absolute Gasteiger partial charge is 0.259 e. The summed E-state index contributed by atoms with van der Waals surface area (Å²) in [5.41, 5.74) is 2.00. The van der Waals surface area contributed by atoms with Gasteiger partial charge < -0.3 is 15.0 Å². The van der Waals surface area contributed by atoms with Gasteiger partial charge in [0.25, 0.3) is 5.91 Å². The number of aryl methyl sites for hydroxylation is 1. The van der Waals surface area contributed by atoms with E-state index in [-0.39, 0.29) is 5.91 Å². The monoisotopic (exact) mass is 354 g/mol. The van der Waals surface area contributed by atoms with E-state index in [4.69, 9.17) is 4.74 Å². The minimum atomic E-state index is -0.175. The van der Waals surface area contributed by atoms with Crippen LogP contribution in [0, 0.1) is 6.92 Å². The summed E-state index contributed by atoms with van der Waals surface area (Å²) in [5.74, 6) is 0.969. The van der Waals surface area contributed by atoms with E-state index < -0.39 is 0 Å². The van der Waals surface area contributed by atoms with Crippen LogP contribution in [0.3, 0.4) is 0 Å². The molecule has 6 nitrogen and oxygen atoms in total. The maximum atomic E-state index is 12.5. The standard InChI is InChI=1S/C20H26N4O2/c1-15-18(20(25)23-17-8-4-3-5-9-17)13-21-19(22-15)16-7-6-10-24(14-16)11-12-26-2/h3-5,8-9,13,16H,6-7,10-12,14H2,1-2H3,(H,23,25). The second-order valence-electron chi connectivity index (χ2n) is 6.68. The predicted octanol–water partition coefficient (Wildman–Crippen LogP) is 2.86. The van der Waals surface area contributed by atoms with E-state index in [2.05, 4.69) is 20.2 Å². The number of carbonyl (C=O) groups excluding carboxylic acids is 1. The fourth-order valence-electron chi connectivity index (χ4n) is 3.31. The lowest BCUT2D eigenvalue weighted by Crippen LogP contribution is -2.37. The van der Waals surface area contributed by atoms with E-state index in [1.165, 1.54) is 0 Å². The van der Waals surface area contributed by atoms with Crippen LogP contribution in [0.5, 0.6) is 0 Å². The Labute approximate surface area is 154 Å². The lowest BCUT2D eigenvalue weighted by molar-refractivity contribution is 0.102. The van der Waals surface area contributed by atoms with Gasteiger partial charge >= 0.3 is 0 Å². The number of nitrogens with one attached hydrogen (secondary N) is 1. The normalized spacial score (nSPS) is 17.8. The van der Waals surface area contributed by atoms with Gasteiger partial charge in [0.1, 0.15) is 5.82 Å². The van der Waals surface area contributed by atoms with Crippen LogP contribution in [0.25, 0.3) is 0 Å². The minimum absolute atomic E-state index is 0.175. The van der Waals surface area contributed by atoms with E-state index in [0.717, 1.165) is 56.3 Å². The van der Waals surface area contributed by atoms with Gasteiger partial charge in [0.05, 0.1) is 17.9 Å². The SMILES string of the molecule is COCCN1CCCC(c2ncc(C(=O)Nc3ccccc3)c(C)n2)C1. The molecule has 1 aromatic carbocycles. The Morgan fingerprint density at radius 3 is 2.88 bits per heavy atom. The van der Waals surface area contributed by atoms with Crippen molar-refractivity contribution in [1.82, 2.24) is 14.9 Å². The van der Waals surface area contributed by atoms with Crippen LogP contribution >= 0.6 is 0 Å². The summed E-state index contributed by atoms with van der Waals surface area (Å²) in [6.45, 7) is 5.58. The first kappa shape index (κ1) is 18.5. The lowest BCUT2D eigenvalue weighted by atomic mass is 9.97. The van der Waals surface area contributed by atoms with Crippen LogP contribution in [0.4, 0.5) is 5.69 Å². The summed E-state index contributed by atoms with van der Waals surface area (Å²) in [6, 6.07) is 9.41.